The van der Waals surface area contributed by atoms with Crippen molar-refractivity contribution in [2.24, 2.45) is 11.5 Å². The van der Waals surface area contributed by atoms with Crippen LogP contribution in [0.25, 0.3) is 0 Å². The number of nitrogens with two attached hydrogens (primary N) is 2. The zero-order chi connectivity index (χ0) is 7.44. The molecule has 0 radical (unpaired) electrons. The van der Waals surface area contributed by atoms with Crippen LogP contribution in [-0.4, -0.2) is 17.7 Å². The Morgan fingerprint density at radius 3 is 2.00 bits per heavy atom. The van der Waals surface area contributed by atoms with Gasteiger partial charge in [0.15, 0.2) is 0 Å². The number of ketones is 2. The van der Waals surface area contributed by atoms with Crippen molar-refractivity contribution < 1.29 is 9.59 Å². The maximum atomic E-state index is 10.4. The number of carbonyl (C=O) groups excluding carboxylic acids is 2. The molecule has 0 aliphatic rings. The monoisotopic (exact) mass is 128 g/mol. The number of hydrogen-bond donors (Lipinski definition) is 2. The SMILES string of the molecule is C=CC(=O)C(=O)C(N)N. The first kappa shape index (κ1) is 8.00. The van der Waals surface area contributed by atoms with E-state index in [1.807, 2.05) is 0 Å². The van der Waals surface area contributed by atoms with Crippen molar-refractivity contribution in [3.05, 3.63) is 12.7 Å². The lowest BCUT2D eigenvalue weighted by atomic mass is 10.2. The topological polar surface area (TPSA) is 86.2 Å². The second-order valence-electron chi connectivity index (χ2n) is 1.46. The minimum absolute atomic E-state index is 0.745. The van der Waals surface area contributed by atoms with Crippen LogP contribution in [0.3, 0.4) is 0 Å². The highest BCUT2D eigenvalue weighted by Gasteiger charge is 2.13. The summed E-state index contributed by atoms with van der Waals surface area (Å²) in [5.74, 6) is -1.56. The smallest absolute Gasteiger partial charge is 0.233 e. The Morgan fingerprint density at radius 2 is 1.89 bits per heavy atom. The van der Waals surface area contributed by atoms with Crippen LogP contribution in [0.1, 0.15) is 0 Å². The van der Waals surface area contributed by atoms with E-state index in [4.69, 9.17) is 11.5 Å². The number of rotatable bonds is 3. The van der Waals surface area contributed by atoms with Crippen LogP contribution in [0, 0.1) is 0 Å². The molecule has 50 valence electrons. The fourth-order valence-electron chi connectivity index (χ4n) is 0.265. The van der Waals surface area contributed by atoms with E-state index in [0.717, 1.165) is 6.08 Å². The lowest BCUT2D eigenvalue weighted by Crippen LogP contribution is -2.42. The molecular formula is C5H8N2O2. The van der Waals surface area contributed by atoms with Gasteiger partial charge in [0.1, 0.15) is 6.17 Å². The molecule has 4 nitrogen and oxygen atoms in total. The number of carbonyl (C=O) groups is 2. The fraction of sp³-hybridized carbons (Fsp3) is 0.200. The molecule has 0 spiro atoms. The predicted octanol–water partition coefficient (Wildman–Crippen LogP) is -1.45. The predicted molar refractivity (Wildman–Crippen MR) is 32.4 cm³/mol. The van der Waals surface area contributed by atoms with Gasteiger partial charge in [-0.1, -0.05) is 6.58 Å². The summed E-state index contributed by atoms with van der Waals surface area (Å²) in [6.45, 7) is 3.08. The van der Waals surface area contributed by atoms with Gasteiger partial charge in [0, 0.05) is 0 Å². The van der Waals surface area contributed by atoms with Gasteiger partial charge in [-0.15, -0.1) is 0 Å². The highest BCUT2D eigenvalue weighted by Crippen LogP contribution is 1.77. The summed E-state index contributed by atoms with van der Waals surface area (Å²) in [6.07, 6.45) is -0.329. The first-order valence-electron chi connectivity index (χ1n) is 2.31. The van der Waals surface area contributed by atoms with Crippen LogP contribution in [0.2, 0.25) is 0 Å². The summed E-state index contributed by atoms with van der Waals surface area (Å²) < 4.78 is 0. The van der Waals surface area contributed by atoms with Crippen molar-refractivity contribution in [2.75, 3.05) is 0 Å². The molecule has 0 aliphatic carbocycles. The molecule has 0 saturated carbocycles. The molecule has 0 aromatic rings. The van der Waals surface area contributed by atoms with Gasteiger partial charge < -0.3 is 11.5 Å². The van der Waals surface area contributed by atoms with Gasteiger partial charge in [0.25, 0.3) is 0 Å². The van der Waals surface area contributed by atoms with Crippen molar-refractivity contribution in [1.29, 1.82) is 0 Å². The average Bonchev–Trinajstić information content (AvgIpc) is 1.84. The van der Waals surface area contributed by atoms with E-state index in [1.165, 1.54) is 0 Å². The highest BCUT2D eigenvalue weighted by molar-refractivity contribution is 6.43. The van der Waals surface area contributed by atoms with Crippen LogP contribution in [0.5, 0.6) is 0 Å². The molecule has 0 saturated heterocycles. The van der Waals surface area contributed by atoms with Gasteiger partial charge in [-0.3, -0.25) is 9.59 Å². The number of hydrogen-bond acceptors (Lipinski definition) is 4. The van der Waals surface area contributed by atoms with Gasteiger partial charge in [0.2, 0.25) is 11.6 Å². The second kappa shape index (κ2) is 3.11. The Bertz CT molecular complexity index is 151. The molecular weight excluding hydrogens is 120 g/mol. The van der Waals surface area contributed by atoms with Crippen LogP contribution in [0.15, 0.2) is 12.7 Å². The van der Waals surface area contributed by atoms with Gasteiger partial charge in [0.05, 0.1) is 0 Å². The van der Waals surface area contributed by atoms with Crippen LogP contribution in [-0.2, 0) is 9.59 Å². The van der Waals surface area contributed by atoms with E-state index < -0.39 is 17.7 Å². The van der Waals surface area contributed by atoms with Gasteiger partial charge in [-0.25, -0.2) is 0 Å². The molecule has 0 aromatic heterocycles. The minimum atomic E-state index is -1.21. The molecule has 0 unspecified atom stereocenters. The standard InChI is InChI=1S/C5H8N2O2/c1-2-3(8)4(9)5(6)7/h2,5H,1,6-7H2. The molecule has 0 amide bonds. The molecule has 9 heavy (non-hydrogen) atoms. The molecule has 0 rings (SSSR count). The van der Waals surface area contributed by atoms with E-state index in [1.54, 1.807) is 0 Å². The molecule has 0 bridgehead atoms. The van der Waals surface area contributed by atoms with Crippen LogP contribution in [0.4, 0.5) is 0 Å². The maximum absolute atomic E-state index is 10.4. The molecule has 4 N–H and O–H groups in total. The van der Waals surface area contributed by atoms with Crippen molar-refractivity contribution in [3.63, 3.8) is 0 Å². The third-order valence-electron chi connectivity index (χ3n) is 0.731. The van der Waals surface area contributed by atoms with Crippen molar-refractivity contribution in [3.8, 4) is 0 Å². The summed E-state index contributed by atoms with van der Waals surface area (Å²) in [5, 5.41) is 0. The Labute approximate surface area is 52.5 Å². The molecule has 4 heteroatoms. The Morgan fingerprint density at radius 1 is 1.44 bits per heavy atom. The van der Waals surface area contributed by atoms with Crippen LogP contribution < -0.4 is 11.5 Å². The largest absolute Gasteiger partial charge is 0.309 e. The third-order valence-corrected chi connectivity index (χ3v) is 0.731. The summed E-state index contributed by atoms with van der Waals surface area (Å²) in [4.78, 5) is 20.7. The number of allylic oxidation sites excluding steroid dienone is 1. The molecule has 0 aromatic carbocycles. The summed E-state index contributed by atoms with van der Waals surface area (Å²) in [6, 6.07) is 0. The van der Waals surface area contributed by atoms with Gasteiger partial charge in [-0.05, 0) is 6.08 Å². The van der Waals surface area contributed by atoms with E-state index in [-0.39, 0.29) is 0 Å². The quantitative estimate of drug-likeness (QED) is 0.277. The number of Topliss-reactive ketones (excluding diaryl/α,β-unsaturated/α-hetero) is 1. The third kappa shape index (κ3) is 2.16. The molecule has 0 heterocycles. The molecule has 0 atom stereocenters. The normalized spacial score (nSPS) is 9.22. The summed E-state index contributed by atoms with van der Waals surface area (Å²) >= 11 is 0. The average molecular weight is 128 g/mol. The summed E-state index contributed by atoms with van der Waals surface area (Å²) in [5.41, 5.74) is 9.74. The lowest BCUT2D eigenvalue weighted by Gasteiger charge is -1.97. The van der Waals surface area contributed by atoms with Crippen LogP contribution >= 0.6 is 0 Å². The fourth-order valence-corrected chi connectivity index (χ4v) is 0.265. The summed E-state index contributed by atoms with van der Waals surface area (Å²) in [7, 11) is 0. The molecule has 0 fully saturated rings. The molecule has 0 aliphatic heterocycles. The van der Waals surface area contributed by atoms with Crippen molar-refractivity contribution >= 4 is 11.6 Å². The van der Waals surface area contributed by atoms with E-state index in [2.05, 4.69) is 6.58 Å². The minimum Gasteiger partial charge on any atom is -0.309 e. The van der Waals surface area contributed by atoms with Gasteiger partial charge >= 0.3 is 0 Å². The first-order chi connectivity index (χ1) is 4.09. The van der Waals surface area contributed by atoms with E-state index >= 15 is 0 Å². The first-order valence-corrected chi connectivity index (χ1v) is 2.31. The zero-order valence-electron chi connectivity index (χ0n) is 4.83. The zero-order valence-corrected chi connectivity index (χ0v) is 4.83. The van der Waals surface area contributed by atoms with Gasteiger partial charge in [-0.2, -0.15) is 0 Å². The Hall–Kier alpha value is -1.00. The van der Waals surface area contributed by atoms with E-state index in [9.17, 15) is 9.59 Å². The van der Waals surface area contributed by atoms with Crippen molar-refractivity contribution in [1.82, 2.24) is 0 Å². The highest BCUT2D eigenvalue weighted by atomic mass is 16.2. The van der Waals surface area contributed by atoms with Crippen molar-refractivity contribution in [2.45, 2.75) is 6.17 Å². The second-order valence-corrected chi connectivity index (χ2v) is 1.46. The lowest BCUT2D eigenvalue weighted by molar-refractivity contribution is -0.134. The Balaban J connectivity index is 4.04. The Kier molecular flexibility index (Phi) is 2.77. The van der Waals surface area contributed by atoms with E-state index in [0.29, 0.717) is 0 Å². The maximum Gasteiger partial charge on any atom is 0.233 e.